The van der Waals surface area contributed by atoms with Crippen LogP contribution in [-0.2, 0) is 0 Å². The van der Waals surface area contributed by atoms with E-state index >= 15 is 0 Å². The molecule has 0 aliphatic rings. The van der Waals surface area contributed by atoms with E-state index in [2.05, 4.69) is 44.8 Å². The molecule has 0 radical (unpaired) electrons. The molecular formula is C11H25NS. The molecule has 0 spiro atoms. The van der Waals surface area contributed by atoms with Crippen LogP contribution in [0.15, 0.2) is 0 Å². The van der Waals surface area contributed by atoms with Gasteiger partial charge in [-0.2, -0.15) is 11.8 Å². The number of unbranched alkanes of at least 4 members (excludes halogenated alkanes) is 1. The Morgan fingerprint density at radius 3 is 2.38 bits per heavy atom. The van der Waals surface area contributed by atoms with Crippen LogP contribution in [0, 0.1) is 0 Å². The summed E-state index contributed by atoms with van der Waals surface area (Å²) in [4.78, 5) is 0. The molecule has 1 unspecified atom stereocenters. The monoisotopic (exact) mass is 203 g/mol. The summed E-state index contributed by atoms with van der Waals surface area (Å²) in [6.45, 7) is 10.2. The van der Waals surface area contributed by atoms with Crippen LogP contribution in [0.25, 0.3) is 0 Å². The second kappa shape index (κ2) is 8.89. The topological polar surface area (TPSA) is 12.0 Å². The fourth-order valence-electron chi connectivity index (χ4n) is 1.32. The summed E-state index contributed by atoms with van der Waals surface area (Å²) in [5.74, 6) is 1.26. The van der Waals surface area contributed by atoms with Crippen molar-refractivity contribution < 1.29 is 0 Å². The van der Waals surface area contributed by atoms with Crippen molar-refractivity contribution in [2.45, 2.75) is 58.2 Å². The summed E-state index contributed by atoms with van der Waals surface area (Å²) in [5, 5.41) is 4.30. The van der Waals surface area contributed by atoms with E-state index in [0.29, 0.717) is 6.04 Å². The normalized spacial score (nSPS) is 13.6. The molecule has 1 nitrogen and oxygen atoms in total. The third-order valence-corrected chi connectivity index (χ3v) is 3.18. The molecule has 0 aromatic carbocycles. The minimum Gasteiger partial charge on any atom is -0.315 e. The van der Waals surface area contributed by atoms with Gasteiger partial charge in [-0.1, -0.05) is 34.1 Å². The third-order valence-electron chi connectivity index (χ3n) is 2.04. The fraction of sp³-hybridized carbons (Fsp3) is 1.00. The van der Waals surface area contributed by atoms with Crippen LogP contribution in [0.3, 0.4) is 0 Å². The molecule has 0 heterocycles. The van der Waals surface area contributed by atoms with E-state index in [9.17, 15) is 0 Å². The highest BCUT2D eigenvalue weighted by Gasteiger charge is 2.00. The molecule has 0 bridgehead atoms. The molecule has 0 aliphatic heterocycles. The molecular weight excluding hydrogens is 178 g/mol. The van der Waals surface area contributed by atoms with Crippen molar-refractivity contribution in [1.29, 1.82) is 0 Å². The Labute approximate surface area is 88.1 Å². The van der Waals surface area contributed by atoms with Gasteiger partial charge < -0.3 is 5.32 Å². The van der Waals surface area contributed by atoms with Gasteiger partial charge in [-0.25, -0.2) is 0 Å². The third kappa shape index (κ3) is 10.2. The van der Waals surface area contributed by atoms with E-state index in [-0.39, 0.29) is 0 Å². The second-order valence-electron chi connectivity index (χ2n) is 3.87. The zero-order valence-corrected chi connectivity index (χ0v) is 10.4. The van der Waals surface area contributed by atoms with Crippen molar-refractivity contribution in [3.05, 3.63) is 0 Å². The Balaban J connectivity index is 3.06. The first-order chi connectivity index (χ1) is 6.16. The summed E-state index contributed by atoms with van der Waals surface area (Å²) in [5.41, 5.74) is 0. The highest BCUT2D eigenvalue weighted by atomic mass is 32.2. The van der Waals surface area contributed by atoms with Crippen LogP contribution in [-0.4, -0.2) is 23.6 Å². The Hall–Kier alpha value is 0.310. The van der Waals surface area contributed by atoms with Crippen molar-refractivity contribution in [2.75, 3.05) is 12.3 Å². The highest BCUT2D eigenvalue weighted by Crippen LogP contribution is 2.15. The van der Waals surface area contributed by atoms with Gasteiger partial charge in [-0.15, -0.1) is 0 Å². The summed E-state index contributed by atoms with van der Waals surface area (Å²) >= 11 is 2.08. The minimum absolute atomic E-state index is 0.641. The highest BCUT2D eigenvalue weighted by molar-refractivity contribution is 7.99. The van der Waals surface area contributed by atoms with Gasteiger partial charge in [0.25, 0.3) is 0 Å². The molecule has 1 atom stereocenters. The first-order valence-electron chi connectivity index (χ1n) is 5.51. The van der Waals surface area contributed by atoms with Crippen LogP contribution >= 0.6 is 11.8 Å². The van der Waals surface area contributed by atoms with Crippen molar-refractivity contribution in [3.8, 4) is 0 Å². The van der Waals surface area contributed by atoms with Crippen LogP contribution in [0.4, 0.5) is 0 Å². The van der Waals surface area contributed by atoms with E-state index in [0.717, 1.165) is 5.25 Å². The predicted molar refractivity (Wildman–Crippen MR) is 64.6 cm³/mol. The van der Waals surface area contributed by atoms with E-state index in [1.807, 2.05) is 0 Å². The molecule has 80 valence electrons. The first-order valence-corrected chi connectivity index (χ1v) is 6.56. The molecule has 0 aliphatic carbocycles. The molecule has 0 aromatic heterocycles. The minimum atomic E-state index is 0.641. The van der Waals surface area contributed by atoms with Crippen LogP contribution in [0.2, 0.25) is 0 Å². The number of rotatable bonds is 8. The maximum atomic E-state index is 3.44. The van der Waals surface area contributed by atoms with E-state index in [1.54, 1.807) is 0 Å². The van der Waals surface area contributed by atoms with E-state index < -0.39 is 0 Å². The summed E-state index contributed by atoms with van der Waals surface area (Å²) in [7, 11) is 0. The number of nitrogens with one attached hydrogen (secondary N) is 1. The molecule has 1 N–H and O–H groups in total. The molecule has 0 fully saturated rings. The molecule has 0 saturated heterocycles. The van der Waals surface area contributed by atoms with Crippen molar-refractivity contribution >= 4 is 11.8 Å². The Morgan fingerprint density at radius 2 is 1.85 bits per heavy atom. The largest absolute Gasteiger partial charge is 0.315 e. The van der Waals surface area contributed by atoms with Crippen LogP contribution in [0.1, 0.15) is 47.0 Å². The van der Waals surface area contributed by atoms with Crippen LogP contribution in [0.5, 0.6) is 0 Å². The Bertz CT molecular complexity index is 104. The zero-order chi connectivity index (χ0) is 10.1. The quantitative estimate of drug-likeness (QED) is 0.608. The fourth-order valence-corrected chi connectivity index (χ4v) is 2.22. The molecule has 0 aromatic rings. The standard InChI is InChI=1S/C11H25NS/c1-5-13-11(4)8-6-7-9-12-10(2)3/h10-12H,5-9H2,1-4H3. The smallest absolute Gasteiger partial charge is 0.00186 e. The van der Waals surface area contributed by atoms with E-state index in [4.69, 9.17) is 0 Å². The average Bonchev–Trinajstić information content (AvgIpc) is 2.03. The van der Waals surface area contributed by atoms with Crippen molar-refractivity contribution in [1.82, 2.24) is 5.32 Å². The van der Waals surface area contributed by atoms with Gasteiger partial charge in [0.1, 0.15) is 0 Å². The lowest BCUT2D eigenvalue weighted by Gasteiger charge is -2.10. The summed E-state index contributed by atoms with van der Waals surface area (Å²) < 4.78 is 0. The molecule has 13 heavy (non-hydrogen) atoms. The molecule has 0 saturated carbocycles. The lowest BCUT2D eigenvalue weighted by atomic mass is 10.2. The van der Waals surface area contributed by atoms with Crippen LogP contribution < -0.4 is 5.32 Å². The summed E-state index contributed by atoms with van der Waals surface area (Å²) in [6.07, 6.45) is 4.07. The van der Waals surface area contributed by atoms with Gasteiger partial charge in [0.05, 0.1) is 0 Å². The number of hydrogen-bond donors (Lipinski definition) is 1. The average molecular weight is 203 g/mol. The van der Waals surface area contributed by atoms with Gasteiger partial charge >= 0.3 is 0 Å². The zero-order valence-electron chi connectivity index (χ0n) is 9.60. The number of thioether (sulfide) groups is 1. The lowest BCUT2D eigenvalue weighted by Crippen LogP contribution is -2.23. The van der Waals surface area contributed by atoms with Gasteiger partial charge in [0.2, 0.25) is 0 Å². The van der Waals surface area contributed by atoms with Gasteiger partial charge in [-0.3, -0.25) is 0 Å². The summed E-state index contributed by atoms with van der Waals surface area (Å²) in [6, 6.07) is 0.641. The van der Waals surface area contributed by atoms with Crippen molar-refractivity contribution in [2.24, 2.45) is 0 Å². The molecule has 0 rings (SSSR count). The Kier molecular flexibility index (Phi) is 9.10. The SMILES string of the molecule is CCSC(C)CCCCNC(C)C. The van der Waals surface area contributed by atoms with Gasteiger partial charge in [0, 0.05) is 11.3 Å². The molecule has 0 amide bonds. The molecule has 2 heteroatoms. The maximum Gasteiger partial charge on any atom is 0.00186 e. The number of hydrogen-bond acceptors (Lipinski definition) is 2. The second-order valence-corrected chi connectivity index (χ2v) is 5.59. The van der Waals surface area contributed by atoms with Gasteiger partial charge in [-0.05, 0) is 25.1 Å². The van der Waals surface area contributed by atoms with Crippen molar-refractivity contribution in [3.63, 3.8) is 0 Å². The lowest BCUT2D eigenvalue weighted by molar-refractivity contribution is 0.548. The predicted octanol–water partition coefficient (Wildman–Crippen LogP) is 3.30. The van der Waals surface area contributed by atoms with Gasteiger partial charge in [0.15, 0.2) is 0 Å². The van der Waals surface area contributed by atoms with E-state index in [1.165, 1.54) is 31.6 Å². The Morgan fingerprint density at radius 1 is 1.15 bits per heavy atom. The first kappa shape index (κ1) is 13.3. The maximum absolute atomic E-state index is 3.44.